The van der Waals surface area contributed by atoms with Crippen LogP contribution in [0.5, 0.6) is 0 Å². The van der Waals surface area contributed by atoms with Crippen molar-refractivity contribution < 1.29 is 4.79 Å². The summed E-state index contributed by atoms with van der Waals surface area (Å²) in [6, 6.07) is 15.4. The van der Waals surface area contributed by atoms with Crippen LogP contribution in [0.4, 0.5) is 5.69 Å². The number of aryl methyl sites for hydroxylation is 1. The number of halogens is 1. The molecule has 0 aliphatic carbocycles. The molecule has 4 heteroatoms. The molecule has 122 valence electrons. The molecule has 0 spiro atoms. The number of anilines is 1. The highest BCUT2D eigenvalue weighted by molar-refractivity contribution is 9.10. The van der Waals surface area contributed by atoms with Gasteiger partial charge in [0.2, 0.25) is 0 Å². The van der Waals surface area contributed by atoms with E-state index < -0.39 is 5.91 Å². The second-order valence-corrected chi connectivity index (χ2v) is 6.82. The molecule has 0 heterocycles. The summed E-state index contributed by atoms with van der Waals surface area (Å²) >= 11 is 3.39. The average molecular weight is 383 g/mol. The number of nitrogens with zero attached hydrogens (tertiary/aromatic N) is 1. The van der Waals surface area contributed by atoms with Crippen LogP contribution in [0, 0.1) is 18.3 Å². The molecule has 3 nitrogen and oxygen atoms in total. The lowest BCUT2D eigenvalue weighted by Crippen LogP contribution is -2.14. The number of carbonyl (C=O) groups excluding carboxylic acids is 1. The summed E-state index contributed by atoms with van der Waals surface area (Å²) in [5, 5.41) is 12.1. The van der Waals surface area contributed by atoms with Crippen molar-refractivity contribution in [3.8, 4) is 6.07 Å². The van der Waals surface area contributed by atoms with E-state index in [4.69, 9.17) is 0 Å². The van der Waals surface area contributed by atoms with Crippen LogP contribution in [-0.4, -0.2) is 5.91 Å². The lowest BCUT2D eigenvalue weighted by atomic mass is 10.0. The number of rotatable bonds is 4. The molecule has 0 aromatic heterocycles. The van der Waals surface area contributed by atoms with Gasteiger partial charge in [-0.25, -0.2) is 0 Å². The van der Waals surface area contributed by atoms with E-state index in [1.165, 1.54) is 5.56 Å². The maximum absolute atomic E-state index is 12.3. The van der Waals surface area contributed by atoms with Crippen LogP contribution >= 0.6 is 15.9 Å². The third-order valence-corrected chi connectivity index (χ3v) is 4.21. The quantitative estimate of drug-likeness (QED) is 0.566. The van der Waals surface area contributed by atoms with Crippen LogP contribution in [0.2, 0.25) is 0 Å². The predicted molar refractivity (Wildman–Crippen MR) is 102 cm³/mol. The zero-order chi connectivity index (χ0) is 17.7. The Hall–Kier alpha value is -2.38. The Labute approximate surface area is 151 Å². The molecule has 2 rings (SSSR count). The summed E-state index contributed by atoms with van der Waals surface area (Å²) < 4.78 is 0.944. The van der Waals surface area contributed by atoms with E-state index in [1.807, 2.05) is 55.5 Å². The van der Waals surface area contributed by atoms with Crippen LogP contribution in [-0.2, 0) is 4.79 Å². The summed E-state index contributed by atoms with van der Waals surface area (Å²) in [6.07, 6.45) is 1.60. The first-order chi connectivity index (χ1) is 11.4. The van der Waals surface area contributed by atoms with Gasteiger partial charge in [0, 0.05) is 10.2 Å². The molecular formula is C20H19BrN2O. The highest BCUT2D eigenvalue weighted by Gasteiger charge is 2.11. The fraction of sp³-hybridized carbons (Fsp3) is 0.200. The van der Waals surface area contributed by atoms with Gasteiger partial charge in [-0.3, -0.25) is 4.79 Å². The fourth-order valence-electron chi connectivity index (χ4n) is 2.25. The van der Waals surface area contributed by atoms with Crippen LogP contribution in [0.15, 0.2) is 52.5 Å². The molecule has 0 radical (unpaired) electrons. The molecular weight excluding hydrogens is 364 g/mol. The van der Waals surface area contributed by atoms with Crippen molar-refractivity contribution in [2.75, 3.05) is 5.32 Å². The number of nitriles is 1. The Morgan fingerprint density at radius 3 is 2.42 bits per heavy atom. The summed E-state index contributed by atoms with van der Waals surface area (Å²) in [4.78, 5) is 12.3. The van der Waals surface area contributed by atoms with Crippen LogP contribution in [0.1, 0.15) is 36.5 Å². The number of benzene rings is 2. The number of amides is 1. The summed E-state index contributed by atoms with van der Waals surface area (Å²) in [6.45, 7) is 6.15. The second kappa shape index (κ2) is 7.94. The van der Waals surface area contributed by atoms with Gasteiger partial charge in [0.15, 0.2) is 0 Å². The van der Waals surface area contributed by atoms with Gasteiger partial charge in [-0.15, -0.1) is 0 Å². The van der Waals surface area contributed by atoms with E-state index in [1.54, 1.807) is 6.08 Å². The van der Waals surface area contributed by atoms with Gasteiger partial charge >= 0.3 is 0 Å². The van der Waals surface area contributed by atoms with Gasteiger partial charge in [0.25, 0.3) is 5.91 Å². The largest absolute Gasteiger partial charge is 0.321 e. The molecule has 0 saturated carbocycles. The van der Waals surface area contributed by atoms with E-state index in [9.17, 15) is 10.1 Å². The maximum Gasteiger partial charge on any atom is 0.266 e. The Bertz CT molecular complexity index is 815. The smallest absolute Gasteiger partial charge is 0.266 e. The minimum atomic E-state index is -0.407. The van der Waals surface area contributed by atoms with Crippen molar-refractivity contribution in [1.82, 2.24) is 0 Å². The summed E-state index contributed by atoms with van der Waals surface area (Å²) in [7, 11) is 0. The van der Waals surface area contributed by atoms with Crippen molar-refractivity contribution in [3.05, 3.63) is 69.2 Å². The van der Waals surface area contributed by atoms with Crippen LogP contribution in [0.3, 0.4) is 0 Å². The van der Waals surface area contributed by atoms with Crippen molar-refractivity contribution in [1.29, 1.82) is 5.26 Å². The molecule has 24 heavy (non-hydrogen) atoms. The molecule has 0 atom stereocenters. The minimum absolute atomic E-state index is 0.0783. The van der Waals surface area contributed by atoms with Crippen LogP contribution in [0.25, 0.3) is 6.08 Å². The Morgan fingerprint density at radius 1 is 1.21 bits per heavy atom. The van der Waals surface area contributed by atoms with Crippen molar-refractivity contribution in [3.63, 3.8) is 0 Å². The molecule has 0 saturated heterocycles. The SMILES string of the molecule is Cc1cc(Br)ccc1NC(=O)/C(C#N)=C/c1ccc(C(C)C)cc1. The van der Waals surface area contributed by atoms with Gasteiger partial charge in [-0.1, -0.05) is 54.0 Å². The molecule has 0 aliphatic heterocycles. The van der Waals surface area contributed by atoms with Gasteiger partial charge in [-0.05, 0) is 53.8 Å². The number of hydrogen-bond acceptors (Lipinski definition) is 2. The van der Waals surface area contributed by atoms with E-state index in [0.717, 1.165) is 15.6 Å². The van der Waals surface area contributed by atoms with Crippen LogP contribution < -0.4 is 5.32 Å². The first kappa shape index (κ1) is 18.0. The zero-order valence-corrected chi connectivity index (χ0v) is 15.5. The molecule has 0 unspecified atom stereocenters. The highest BCUT2D eigenvalue weighted by atomic mass is 79.9. The lowest BCUT2D eigenvalue weighted by molar-refractivity contribution is -0.112. The van der Waals surface area contributed by atoms with Gasteiger partial charge in [0.05, 0.1) is 0 Å². The Balaban J connectivity index is 2.20. The Morgan fingerprint density at radius 2 is 1.88 bits per heavy atom. The lowest BCUT2D eigenvalue weighted by Gasteiger charge is -2.08. The third-order valence-electron chi connectivity index (χ3n) is 3.72. The van der Waals surface area contributed by atoms with Crippen molar-refractivity contribution in [2.24, 2.45) is 0 Å². The minimum Gasteiger partial charge on any atom is -0.321 e. The normalized spacial score (nSPS) is 11.2. The second-order valence-electron chi connectivity index (χ2n) is 5.90. The first-order valence-corrected chi connectivity index (χ1v) is 8.49. The van der Waals surface area contributed by atoms with E-state index in [-0.39, 0.29) is 5.57 Å². The van der Waals surface area contributed by atoms with E-state index in [0.29, 0.717) is 11.6 Å². The Kier molecular flexibility index (Phi) is 5.94. The molecule has 0 bridgehead atoms. The monoisotopic (exact) mass is 382 g/mol. The van der Waals surface area contributed by atoms with Crippen molar-refractivity contribution in [2.45, 2.75) is 26.7 Å². The standard InChI is InChI=1S/C20H19BrN2O/c1-13(2)16-6-4-15(5-7-16)11-17(12-22)20(24)23-19-9-8-18(21)10-14(19)3/h4-11,13H,1-3H3,(H,23,24)/b17-11+. The zero-order valence-electron chi connectivity index (χ0n) is 13.9. The molecule has 2 aromatic carbocycles. The summed E-state index contributed by atoms with van der Waals surface area (Å²) in [5.74, 6) is 0.0398. The van der Waals surface area contributed by atoms with Gasteiger partial charge < -0.3 is 5.32 Å². The number of hydrogen-bond donors (Lipinski definition) is 1. The van der Waals surface area contributed by atoms with E-state index in [2.05, 4.69) is 35.1 Å². The molecule has 2 aromatic rings. The number of nitrogens with one attached hydrogen (secondary N) is 1. The first-order valence-electron chi connectivity index (χ1n) is 7.70. The van der Waals surface area contributed by atoms with Gasteiger partial charge in [0.1, 0.15) is 11.6 Å². The molecule has 1 N–H and O–H groups in total. The third kappa shape index (κ3) is 4.56. The predicted octanol–water partition coefficient (Wildman–Crippen LogP) is 5.43. The van der Waals surface area contributed by atoms with E-state index >= 15 is 0 Å². The topological polar surface area (TPSA) is 52.9 Å². The fourth-order valence-corrected chi connectivity index (χ4v) is 2.72. The summed E-state index contributed by atoms with van der Waals surface area (Å²) in [5.41, 5.74) is 3.75. The molecule has 0 aliphatic rings. The highest BCUT2D eigenvalue weighted by Crippen LogP contribution is 2.21. The molecule has 1 amide bonds. The number of carbonyl (C=O) groups is 1. The average Bonchev–Trinajstić information content (AvgIpc) is 2.55. The van der Waals surface area contributed by atoms with Gasteiger partial charge in [-0.2, -0.15) is 5.26 Å². The molecule has 0 fully saturated rings. The van der Waals surface area contributed by atoms with Crippen molar-refractivity contribution >= 4 is 33.6 Å². The maximum atomic E-state index is 12.3.